The van der Waals surface area contributed by atoms with Gasteiger partial charge < -0.3 is 4.74 Å². The largest absolute Gasteiger partial charge is 0.573 e. The first-order valence-corrected chi connectivity index (χ1v) is 6.48. The molecule has 1 rings (SSSR count). The summed E-state index contributed by atoms with van der Waals surface area (Å²) < 4.78 is 39.8. The van der Waals surface area contributed by atoms with Crippen molar-refractivity contribution in [1.29, 1.82) is 0 Å². The van der Waals surface area contributed by atoms with Gasteiger partial charge in [0.1, 0.15) is 5.75 Å². The zero-order valence-corrected chi connectivity index (χ0v) is 11.4. The Morgan fingerprint density at radius 1 is 1.39 bits per heavy atom. The predicted molar refractivity (Wildman–Crippen MR) is 65.5 cm³/mol. The second-order valence-corrected chi connectivity index (χ2v) is 4.61. The van der Waals surface area contributed by atoms with E-state index in [1.165, 1.54) is 6.07 Å². The highest BCUT2D eigenvalue weighted by molar-refractivity contribution is 9.09. The summed E-state index contributed by atoms with van der Waals surface area (Å²) in [5.74, 6) is -0.763. The van der Waals surface area contributed by atoms with Gasteiger partial charge in [-0.05, 0) is 24.6 Å². The Kier molecular flexibility index (Phi) is 5.47. The van der Waals surface area contributed by atoms with Crippen LogP contribution in [-0.4, -0.2) is 17.5 Å². The fraction of sp³-hybridized carbons (Fsp3) is 0.364. The summed E-state index contributed by atoms with van der Waals surface area (Å²) in [5, 5.41) is 0.749. The van der Waals surface area contributed by atoms with Crippen molar-refractivity contribution >= 4 is 33.3 Å². The minimum absolute atomic E-state index is 0.0411. The number of ketones is 1. The Bertz CT molecular complexity index is 435. The first-order valence-electron chi connectivity index (χ1n) is 4.98. The first kappa shape index (κ1) is 15.3. The summed E-state index contributed by atoms with van der Waals surface area (Å²) in [4.78, 5) is 11.7. The first-order chi connectivity index (χ1) is 8.33. The molecule has 1 aromatic rings. The molecular formula is C11H9BrClF3O2. The van der Waals surface area contributed by atoms with E-state index in [1.807, 2.05) is 0 Å². The molecule has 0 N–H and O–H groups in total. The lowest BCUT2D eigenvalue weighted by Crippen LogP contribution is -2.17. The number of ether oxygens (including phenoxy) is 1. The van der Waals surface area contributed by atoms with E-state index in [-0.39, 0.29) is 22.8 Å². The van der Waals surface area contributed by atoms with Crippen molar-refractivity contribution in [2.45, 2.75) is 19.2 Å². The van der Waals surface area contributed by atoms with Gasteiger partial charge in [0.2, 0.25) is 0 Å². The number of hydrogen-bond acceptors (Lipinski definition) is 2. The number of Topliss-reactive ketones (excluding diaryl/α,β-unsaturated/α-hetero) is 1. The summed E-state index contributed by atoms with van der Waals surface area (Å²) >= 11 is 8.94. The Labute approximate surface area is 115 Å². The zero-order valence-electron chi connectivity index (χ0n) is 9.06. The Balaban J connectivity index is 2.91. The normalized spacial score (nSPS) is 11.4. The molecule has 0 atom stereocenters. The number of alkyl halides is 4. The molecule has 7 heteroatoms. The summed E-state index contributed by atoms with van der Waals surface area (Å²) in [6, 6.07) is 3.29. The van der Waals surface area contributed by atoms with E-state index in [2.05, 4.69) is 20.7 Å². The van der Waals surface area contributed by atoms with Crippen LogP contribution in [-0.2, 0) is 0 Å². The molecule has 0 radical (unpaired) electrons. The molecule has 1 aromatic carbocycles. The molecule has 18 heavy (non-hydrogen) atoms. The lowest BCUT2D eigenvalue weighted by molar-refractivity contribution is -0.274. The van der Waals surface area contributed by atoms with Crippen molar-refractivity contribution in [2.24, 2.45) is 0 Å². The molecule has 0 unspecified atom stereocenters. The van der Waals surface area contributed by atoms with Crippen LogP contribution in [0.2, 0.25) is 5.02 Å². The number of benzene rings is 1. The van der Waals surface area contributed by atoms with Gasteiger partial charge in [0.25, 0.3) is 0 Å². The van der Waals surface area contributed by atoms with Gasteiger partial charge in [-0.25, -0.2) is 0 Å². The van der Waals surface area contributed by atoms with Crippen molar-refractivity contribution in [3.05, 3.63) is 28.8 Å². The third kappa shape index (κ3) is 4.86. The van der Waals surface area contributed by atoms with Gasteiger partial charge in [-0.15, -0.1) is 13.2 Å². The predicted octanol–water partition coefficient (Wildman–Crippen LogP) is 4.60. The average Bonchev–Trinajstić information content (AvgIpc) is 2.26. The number of halogens is 5. The summed E-state index contributed by atoms with van der Waals surface area (Å²) in [6.45, 7) is 0. The van der Waals surface area contributed by atoms with Gasteiger partial charge >= 0.3 is 6.36 Å². The lowest BCUT2D eigenvalue weighted by Gasteiger charge is -2.10. The quantitative estimate of drug-likeness (QED) is 0.576. The second-order valence-electron chi connectivity index (χ2n) is 3.41. The third-order valence-electron chi connectivity index (χ3n) is 2.01. The van der Waals surface area contributed by atoms with Crippen LogP contribution in [0.15, 0.2) is 18.2 Å². The Morgan fingerprint density at radius 2 is 2.06 bits per heavy atom. The van der Waals surface area contributed by atoms with Gasteiger partial charge in [0.05, 0.1) is 5.02 Å². The van der Waals surface area contributed by atoms with E-state index < -0.39 is 12.1 Å². The highest BCUT2D eigenvalue weighted by Gasteiger charge is 2.31. The summed E-state index contributed by atoms with van der Waals surface area (Å²) in [5.41, 5.74) is 0.0411. The number of carbonyl (C=O) groups is 1. The third-order valence-corrected chi connectivity index (χ3v) is 2.90. The minimum atomic E-state index is -4.79. The number of hydrogen-bond donors (Lipinski definition) is 0. The van der Waals surface area contributed by atoms with Crippen LogP contribution in [0.4, 0.5) is 13.2 Å². The van der Waals surface area contributed by atoms with Gasteiger partial charge in [-0.1, -0.05) is 27.5 Å². The molecule has 2 nitrogen and oxygen atoms in total. The van der Waals surface area contributed by atoms with Crippen LogP contribution >= 0.6 is 27.5 Å². The molecule has 0 aromatic heterocycles. The van der Waals surface area contributed by atoms with Gasteiger partial charge in [-0.3, -0.25) is 4.79 Å². The van der Waals surface area contributed by atoms with Crippen molar-refractivity contribution in [2.75, 3.05) is 5.33 Å². The second kappa shape index (κ2) is 6.43. The summed E-state index contributed by atoms with van der Waals surface area (Å²) in [6.07, 6.45) is -4.00. The molecule has 0 bridgehead atoms. The van der Waals surface area contributed by atoms with E-state index in [0.29, 0.717) is 11.8 Å². The van der Waals surface area contributed by atoms with Crippen molar-refractivity contribution in [3.8, 4) is 5.75 Å². The maximum Gasteiger partial charge on any atom is 0.573 e. The molecule has 0 saturated carbocycles. The van der Waals surface area contributed by atoms with Crippen LogP contribution in [0.5, 0.6) is 5.75 Å². The molecule has 100 valence electrons. The molecular weight excluding hydrogens is 336 g/mol. The van der Waals surface area contributed by atoms with E-state index in [4.69, 9.17) is 11.6 Å². The molecule has 0 spiro atoms. The van der Waals surface area contributed by atoms with Crippen LogP contribution in [0.1, 0.15) is 23.2 Å². The Hall–Kier alpha value is -0.750. The molecule has 0 saturated heterocycles. The van der Waals surface area contributed by atoms with Crippen molar-refractivity contribution in [3.63, 3.8) is 0 Å². The molecule has 0 fully saturated rings. The lowest BCUT2D eigenvalue weighted by atomic mass is 10.1. The van der Waals surface area contributed by atoms with Crippen LogP contribution in [0.3, 0.4) is 0 Å². The molecule has 0 amide bonds. The maximum absolute atomic E-state index is 12.0. The van der Waals surface area contributed by atoms with Crippen LogP contribution < -0.4 is 4.74 Å². The van der Waals surface area contributed by atoms with Gasteiger partial charge in [0.15, 0.2) is 5.78 Å². The smallest absolute Gasteiger partial charge is 0.406 e. The topological polar surface area (TPSA) is 26.3 Å². The number of carbonyl (C=O) groups excluding carboxylic acids is 1. The number of rotatable bonds is 5. The standard InChI is InChI=1S/C11H9BrClF3O2/c12-5-1-2-10(17)8-6-7(3-4-9(8)13)18-11(14,15)16/h3-4,6H,1-2,5H2. The monoisotopic (exact) mass is 344 g/mol. The minimum Gasteiger partial charge on any atom is -0.406 e. The molecule has 0 heterocycles. The van der Waals surface area contributed by atoms with E-state index in [9.17, 15) is 18.0 Å². The van der Waals surface area contributed by atoms with Gasteiger partial charge in [-0.2, -0.15) is 0 Å². The fourth-order valence-corrected chi connectivity index (χ4v) is 1.78. The van der Waals surface area contributed by atoms with Crippen molar-refractivity contribution < 1.29 is 22.7 Å². The Morgan fingerprint density at radius 3 is 2.61 bits per heavy atom. The maximum atomic E-state index is 12.0. The molecule has 0 aliphatic rings. The van der Waals surface area contributed by atoms with E-state index >= 15 is 0 Å². The highest BCUT2D eigenvalue weighted by Crippen LogP contribution is 2.28. The van der Waals surface area contributed by atoms with E-state index in [1.54, 1.807) is 0 Å². The molecule has 0 aliphatic heterocycles. The van der Waals surface area contributed by atoms with E-state index in [0.717, 1.165) is 12.1 Å². The zero-order chi connectivity index (χ0) is 13.8. The highest BCUT2D eigenvalue weighted by atomic mass is 79.9. The van der Waals surface area contributed by atoms with Gasteiger partial charge in [0, 0.05) is 17.3 Å². The average molecular weight is 346 g/mol. The SMILES string of the molecule is O=C(CCCBr)c1cc(OC(F)(F)F)ccc1Cl. The van der Waals surface area contributed by atoms with Crippen molar-refractivity contribution in [1.82, 2.24) is 0 Å². The van der Waals surface area contributed by atoms with Crippen LogP contribution in [0, 0.1) is 0 Å². The molecule has 0 aliphatic carbocycles. The fourth-order valence-electron chi connectivity index (χ4n) is 1.28. The van der Waals surface area contributed by atoms with Crippen LogP contribution in [0.25, 0.3) is 0 Å². The summed E-state index contributed by atoms with van der Waals surface area (Å²) in [7, 11) is 0.